The number of hydrogen-bond donors (Lipinski definition) is 2. The van der Waals surface area contributed by atoms with Crippen LogP contribution in [0.1, 0.15) is 11.3 Å². The first-order valence-electron chi connectivity index (χ1n) is 5.16. The summed E-state index contributed by atoms with van der Waals surface area (Å²) < 4.78 is 0. The highest BCUT2D eigenvalue weighted by Gasteiger charge is 2.09. The van der Waals surface area contributed by atoms with Crippen molar-refractivity contribution >= 4 is 39.7 Å². The summed E-state index contributed by atoms with van der Waals surface area (Å²) in [5, 5.41) is 5.18. The molecule has 0 atom stereocenters. The number of rotatable bonds is 3. The molecule has 0 radical (unpaired) electrons. The van der Waals surface area contributed by atoms with Gasteiger partial charge >= 0.3 is 0 Å². The van der Waals surface area contributed by atoms with Gasteiger partial charge in [0.05, 0.1) is 17.8 Å². The van der Waals surface area contributed by atoms with Crippen LogP contribution in [-0.2, 0) is 11.2 Å². The van der Waals surface area contributed by atoms with Crippen molar-refractivity contribution in [3.8, 4) is 0 Å². The van der Waals surface area contributed by atoms with Crippen LogP contribution in [0.15, 0.2) is 17.6 Å². The molecular weight excluding hydrogens is 272 g/mol. The molecule has 94 valence electrons. The van der Waals surface area contributed by atoms with Crippen molar-refractivity contribution in [2.75, 3.05) is 11.1 Å². The highest BCUT2D eigenvalue weighted by Crippen LogP contribution is 2.20. The Labute approximate surface area is 113 Å². The summed E-state index contributed by atoms with van der Waals surface area (Å²) in [7, 11) is 0. The SMILES string of the molecule is Cc1cnc(Cl)c(NC(=O)Cc2csc(N)n2)c1. The zero-order valence-corrected chi connectivity index (χ0v) is 11.2. The van der Waals surface area contributed by atoms with Crippen LogP contribution in [0.3, 0.4) is 0 Å². The molecule has 0 spiro atoms. The van der Waals surface area contributed by atoms with Gasteiger partial charge in [0.15, 0.2) is 10.3 Å². The highest BCUT2D eigenvalue weighted by molar-refractivity contribution is 7.13. The predicted molar refractivity (Wildman–Crippen MR) is 72.8 cm³/mol. The standard InChI is InChI=1S/C11H11ClN4OS/c1-6-2-8(10(12)14-4-6)16-9(17)3-7-5-18-11(13)15-7/h2,4-5H,3H2,1H3,(H2,13,15)(H,16,17). The molecule has 1 amide bonds. The van der Waals surface area contributed by atoms with Crippen molar-refractivity contribution in [1.29, 1.82) is 0 Å². The van der Waals surface area contributed by atoms with Crippen LogP contribution in [0.4, 0.5) is 10.8 Å². The molecule has 0 saturated carbocycles. The summed E-state index contributed by atoms with van der Waals surface area (Å²) in [4.78, 5) is 19.8. The second-order valence-electron chi connectivity index (χ2n) is 3.75. The van der Waals surface area contributed by atoms with Gasteiger partial charge in [0.25, 0.3) is 0 Å². The largest absolute Gasteiger partial charge is 0.375 e. The Bertz CT molecular complexity index is 584. The van der Waals surface area contributed by atoms with Crippen molar-refractivity contribution < 1.29 is 4.79 Å². The summed E-state index contributed by atoms with van der Waals surface area (Å²) in [5.41, 5.74) is 7.57. The summed E-state index contributed by atoms with van der Waals surface area (Å²) in [5.74, 6) is -0.199. The van der Waals surface area contributed by atoms with Gasteiger partial charge in [-0.05, 0) is 18.6 Å². The lowest BCUT2D eigenvalue weighted by atomic mass is 10.2. The van der Waals surface area contributed by atoms with E-state index in [9.17, 15) is 4.79 Å². The van der Waals surface area contributed by atoms with Gasteiger partial charge in [-0.15, -0.1) is 11.3 Å². The number of nitrogen functional groups attached to an aromatic ring is 1. The molecule has 0 aliphatic heterocycles. The van der Waals surface area contributed by atoms with E-state index < -0.39 is 0 Å². The third kappa shape index (κ3) is 3.18. The van der Waals surface area contributed by atoms with E-state index in [-0.39, 0.29) is 17.5 Å². The summed E-state index contributed by atoms with van der Waals surface area (Å²) in [6.07, 6.45) is 1.80. The normalized spacial score (nSPS) is 10.3. The molecule has 2 aromatic rings. The van der Waals surface area contributed by atoms with E-state index in [1.165, 1.54) is 11.3 Å². The fourth-order valence-electron chi connectivity index (χ4n) is 1.40. The maximum Gasteiger partial charge on any atom is 0.230 e. The number of pyridine rings is 1. The van der Waals surface area contributed by atoms with E-state index in [1.807, 2.05) is 6.92 Å². The number of nitrogens with zero attached hydrogens (tertiary/aromatic N) is 2. The van der Waals surface area contributed by atoms with Gasteiger partial charge in [-0.2, -0.15) is 0 Å². The molecule has 5 nitrogen and oxygen atoms in total. The first-order chi connectivity index (χ1) is 8.54. The number of halogens is 1. The monoisotopic (exact) mass is 282 g/mol. The maximum atomic E-state index is 11.8. The van der Waals surface area contributed by atoms with Crippen molar-refractivity contribution in [2.45, 2.75) is 13.3 Å². The van der Waals surface area contributed by atoms with Gasteiger partial charge in [-0.1, -0.05) is 11.6 Å². The number of nitrogens with two attached hydrogens (primary N) is 1. The van der Waals surface area contributed by atoms with Gasteiger partial charge < -0.3 is 11.1 Å². The molecule has 0 unspecified atom stereocenters. The quantitative estimate of drug-likeness (QED) is 0.846. The minimum atomic E-state index is -0.199. The molecule has 0 fully saturated rings. The second-order valence-corrected chi connectivity index (χ2v) is 5.00. The van der Waals surface area contributed by atoms with E-state index in [1.54, 1.807) is 17.6 Å². The number of amides is 1. The van der Waals surface area contributed by atoms with Crippen molar-refractivity contribution in [3.05, 3.63) is 34.1 Å². The first-order valence-corrected chi connectivity index (χ1v) is 6.42. The van der Waals surface area contributed by atoms with Crippen LogP contribution in [0, 0.1) is 6.92 Å². The number of anilines is 2. The smallest absolute Gasteiger partial charge is 0.230 e. The molecule has 18 heavy (non-hydrogen) atoms. The molecule has 7 heteroatoms. The van der Waals surface area contributed by atoms with E-state index >= 15 is 0 Å². The lowest BCUT2D eigenvalue weighted by Crippen LogP contribution is -2.15. The summed E-state index contributed by atoms with van der Waals surface area (Å²) in [6, 6.07) is 1.77. The van der Waals surface area contributed by atoms with Crippen LogP contribution in [0.25, 0.3) is 0 Å². The van der Waals surface area contributed by atoms with E-state index in [0.29, 0.717) is 16.5 Å². The Kier molecular flexibility index (Phi) is 3.78. The van der Waals surface area contributed by atoms with Gasteiger partial charge in [-0.3, -0.25) is 4.79 Å². The predicted octanol–water partition coefficient (Wildman–Crippen LogP) is 2.26. The van der Waals surface area contributed by atoms with Gasteiger partial charge in [0, 0.05) is 11.6 Å². The average molecular weight is 283 g/mol. The molecule has 0 bridgehead atoms. The zero-order chi connectivity index (χ0) is 13.1. The molecular formula is C11H11ClN4OS. The van der Waals surface area contributed by atoms with Crippen LogP contribution in [0.2, 0.25) is 5.15 Å². The van der Waals surface area contributed by atoms with Crippen molar-refractivity contribution in [3.63, 3.8) is 0 Å². The highest BCUT2D eigenvalue weighted by atomic mass is 35.5. The number of nitrogens with one attached hydrogen (secondary N) is 1. The van der Waals surface area contributed by atoms with E-state index in [4.69, 9.17) is 17.3 Å². The fraction of sp³-hybridized carbons (Fsp3) is 0.182. The molecule has 2 rings (SSSR count). The lowest BCUT2D eigenvalue weighted by molar-refractivity contribution is -0.115. The Morgan fingerprint density at radius 1 is 1.61 bits per heavy atom. The minimum Gasteiger partial charge on any atom is -0.375 e. The van der Waals surface area contributed by atoms with Crippen LogP contribution < -0.4 is 11.1 Å². The van der Waals surface area contributed by atoms with Crippen LogP contribution in [0.5, 0.6) is 0 Å². The third-order valence-corrected chi connectivity index (χ3v) is 3.18. The average Bonchev–Trinajstić information content (AvgIpc) is 2.69. The Morgan fingerprint density at radius 3 is 3.06 bits per heavy atom. The van der Waals surface area contributed by atoms with E-state index in [2.05, 4.69) is 15.3 Å². The lowest BCUT2D eigenvalue weighted by Gasteiger charge is -2.06. The van der Waals surface area contributed by atoms with Crippen LogP contribution >= 0.6 is 22.9 Å². The van der Waals surface area contributed by atoms with Crippen molar-refractivity contribution in [2.24, 2.45) is 0 Å². The first kappa shape index (κ1) is 12.8. The number of aromatic nitrogens is 2. The molecule has 0 aromatic carbocycles. The number of thiazole rings is 1. The maximum absolute atomic E-state index is 11.8. The Balaban J connectivity index is 2.05. The minimum absolute atomic E-state index is 0.165. The molecule has 2 aromatic heterocycles. The number of aryl methyl sites for hydroxylation is 1. The molecule has 0 saturated heterocycles. The fourth-order valence-corrected chi connectivity index (χ4v) is 2.12. The molecule has 0 aliphatic carbocycles. The Morgan fingerprint density at radius 2 is 2.39 bits per heavy atom. The van der Waals surface area contributed by atoms with Crippen LogP contribution in [-0.4, -0.2) is 15.9 Å². The zero-order valence-electron chi connectivity index (χ0n) is 9.61. The molecule has 3 N–H and O–H groups in total. The van der Waals surface area contributed by atoms with Gasteiger partial charge in [-0.25, -0.2) is 9.97 Å². The van der Waals surface area contributed by atoms with E-state index in [0.717, 1.165) is 5.56 Å². The number of carbonyl (C=O) groups is 1. The Hall–Kier alpha value is -1.66. The summed E-state index contributed by atoms with van der Waals surface area (Å²) >= 11 is 7.19. The third-order valence-electron chi connectivity index (χ3n) is 2.16. The number of carbonyl (C=O) groups excluding carboxylic acids is 1. The number of hydrogen-bond acceptors (Lipinski definition) is 5. The second kappa shape index (κ2) is 5.32. The summed E-state index contributed by atoms with van der Waals surface area (Å²) in [6.45, 7) is 1.88. The molecule has 0 aliphatic rings. The topological polar surface area (TPSA) is 80.9 Å². The van der Waals surface area contributed by atoms with Gasteiger partial charge in [0.1, 0.15) is 0 Å². The van der Waals surface area contributed by atoms with Gasteiger partial charge in [0.2, 0.25) is 5.91 Å². The van der Waals surface area contributed by atoms with Crippen molar-refractivity contribution in [1.82, 2.24) is 9.97 Å². The molecule has 2 heterocycles.